The van der Waals surface area contributed by atoms with Crippen molar-refractivity contribution < 1.29 is 24.2 Å². The van der Waals surface area contributed by atoms with Crippen molar-refractivity contribution in [2.75, 3.05) is 31.5 Å². The first kappa shape index (κ1) is 27.2. The Balaban J connectivity index is 2.02. The maximum absolute atomic E-state index is 12.9. The summed E-state index contributed by atoms with van der Waals surface area (Å²) in [6, 6.07) is 11.9. The average Bonchev–Trinajstić information content (AvgIpc) is 3.10. The fourth-order valence-electron chi connectivity index (χ4n) is 4.43. The lowest BCUT2D eigenvalue weighted by Crippen LogP contribution is -2.29. The van der Waals surface area contributed by atoms with Crippen LogP contribution in [0.4, 0.5) is 11.4 Å². The van der Waals surface area contributed by atoms with Crippen LogP contribution in [0.3, 0.4) is 0 Å². The highest BCUT2D eigenvalue weighted by Crippen LogP contribution is 2.33. The van der Waals surface area contributed by atoms with E-state index in [2.05, 4.69) is 27.8 Å². The number of nitrogens with one attached hydrogen (secondary N) is 2. The molecule has 36 heavy (non-hydrogen) atoms. The van der Waals surface area contributed by atoms with Gasteiger partial charge in [0.05, 0.1) is 30.3 Å². The molecule has 3 N–H and O–H groups in total. The molecule has 2 aromatic heterocycles. The number of carbonyl (C=O) groups is 2. The Morgan fingerprint density at radius 3 is 2.56 bits per heavy atom. The minimum absolute atomic E-state index is 0.0381. The second-order valence-corrected chi connectivity index (χ2v) is 9.59. The van der Waals surface area contributed by atoms with E-state index in [4.69, 9.17) is 9.47 Å². The molecule has 9 nitrogen and oxygen atoms in total. The number of methoxy groups -OCH3 is 2. The lowest BCUT2D eigenvalue weighted by Gasteiger charge is -2.23. The number of fused-ring (bicyclic) bond motifs is 1. The SMILES string of the molecule is COCC(=O)Nc1c(C(=O)OC)n(CCCc2ccccc2)c2ncc(N[C@@H](C)CC(C)(C)O)cc12. The number of pyridine rings is 1. The second kappa shape index (κ2) is 12.0. The van der Waals surface area contributed by atoms with Gasteiger partial charge in [0.1, 0.15) is 12.3 Å². The molecule has 0 bridgehead atoms. The molecule has 0 unspecified atom stereocenters. The van der Waals surface area contributed by atoms with E-state index < -0.39 is 11.6 Å². The summed E-state index contributed by atoms with van der Waals surface area (Å²) < 4.78 is 11.9. The Hall–Kier alpha value is -3.43. The summed E-state index contributed by atoms with van der Waals surface area (Å²) >= 11 is 0. The van der Waals surface area contributed by atoms with Gasteiger partial charge in [-0.1, -0.05) is 30.3 Å². The summed E-state index contributed by atoms with van der Waals surface area (Å²) in [7, 11) is 2.75. The summed E-state index contributed by atoms with van der Waals surface area (Å²) in [5, 5.41) is 16.9. The van der Waals surface area contributed by atoms with Crippen molar-refractivity contribution >= 4 is 34.3 Å². The molecular weight excluding hydrogens is 460 g/mol. The zero-order chi connectivity index (χ0) is 26.3. The number of hydrogen-bond acceptors (Lipinski definition) is 7. The van der Waals surface area contributed by atoms with Gasteiger partial charge in [-0.05, 0) is 51.7 Å². The lowest BCUT2D eigenvalue weighted by molar-refractivity contribution is -0.119. The number of aliphatic hydroxyl groups is 1. The van der Waals surface area contributed by atoms with Gasteiger partial charge in [-0.15, -0.1) is 0 Å². The van der Waals surface area contributed by atoms with Gasteiger partial charge in [0.25, 0.3) is 0 Å². The largest absolute Gasteiger partial charge is 0.464 e. The van der Waals surface area contributed by atoms with Crippen molar-refractivity contribution in [3.8, 4) is 0 Å². The minimum atomic E-state index is -0.830. The number of rotatable bonds is 12. The molecule has 194 valence electrons. The van der Waals surface area contributed by atoms with Crippen LogP contribution in [-0.2, 0) is 27.2 Å². The number of carbonyl (C=O) groups excluding carboxylic acids is 2. The van der Waals surface area contributed by atoms with E-state index >= 15 is 0 Å². The van der Waals surface area contributed by atoms with E-state index in [1.54, 1.807) is 24.6 Å². The minimum Gasteiger partial charge on any atom is -0.464 e. The molecule has 0 saturated heterocycles. The van der Waals surface area contributed by atoms with Crippen LogP contribution in [-0.4, -0.2) is 59.0 Å². The molecular formula is C27H36N4O5. The topological polar surface area (TPSA) is 115 Å². The van der Waals surface area contributed by atoms with E-state index in [9.17, 15) is 14.7 Å². The summed E-state index contributed by atoms with van der Waals surface area (Å²) in [5.74, 6) is -0.954. The van der Waals surface area contributed by atoms with E-state index in [0.717, 1.165) is 12.8 Å². The molecule has 0 saturated carbocycles. The number of ether oxygens (including phenoxy) is 2. The lowest BCUT2D eigenvalue weighted by atomic mass is 10.0. The van der Waals surface area contributed by atoms with Crippen LogP contribution in [0.25, 0.3) is 11.0 Å². The highest BCUT2D eigenvalue weighted by Gasteiger charge is 2.26. The number of nitrogens with zero attached hydrogens (tertiary/aromatic N) is 2. The zero-order valence-corrected chi connectivity index (χ0v) is 21.6. The number of esters is 1. The molecule has 0 spiro atoms. The summed E-state index contributed by atoms with van der Waals surface area (Å²) in [6.07, 6.45) is 3.79. The molecule has 0 aliphatic heterocycles. The third kappa shape index (κ3) is 7.05. The standard InChI is InChI=1S/C27H36N4O5/c1-18(15-27(2,3)34)29-20-14-21-23(30-22(32)17-35-4)24(26(33)36-5)31(25(21)28-16-20)13-9-12-19-10-7-6-8-11-19/h6-8,10-11,14,16,18,29,34H,9,12-13,15,17H2,1-5H3,(H,30,32)/t18-/m0/s1. The van der Waals surface area contributed by atoms with Crippen LogP contribution in [0, 0.1) is 0 Å². The maximum atomic E-state index is 12.9. The van der Waals surface area contributed by atoms with Gasteiger partial charge >= 0.3 is 5.97 Å². The van der Waals surface area contributed by atoms with E-state index in [-0.39, 0.29) is 24.2 Å². The fraction of sp³-hybridized carbons (Fsp3) is 0.444. The molecule has 3 rings (SSSR count). The van der Waals surface area contributed by atoms with Gasteiger partial charge in [-0.3, -0.25) is 4.79 Å². The van der Waals surface area contributed by atoms with Crippen molar-refractivity contribution in [3.05, 3.63) is 53.9 Å². The first-order chi connectivity index (χ1) is 17.1. The molecule has 1 aromatic carbocycles. The Labute approximate surface area is 211 Å². The molecule has 3 aromatic rings. The van der Waals surface area contributed by atoms with Gasteiger partial charge in [0.2, 0.25) is 5.91 Å². The van der Waals surface area contributed by atoms with Crippen molar-refractivity contribution in [2.24, 2.45) is 0 Å². The number of hydrogen-bond donors (Lipinski definition) is 3. The van der Waals surface area contributed by atoms with E-state index in [1.807, 2.05) is 31.2 Å². The van der Waals surface area contributed by atoms with Crippen LogP contribution in [0.5, 0.6) is 0 Å². The van der Waals surface area contributed by atoms with Gasteiger partial charge in [-0.2, -0.15) is 0 Å². The quantitative estimate of drug-likeness (QED) is 0.325. The fourth-order valence-corrected chi connectivity index (χ4v) is 4.43. The number of amides is 1. The first-order valence-electron chi connectivity index (χ1n) is 12.0. The smallest absolute Gasteiger partial charge is 0.356 e. The second-order valence-electron chi connectivity index (χ2n) is 9.59. The summed E-state index contributed by atoms with van der Waals surface area (Å²) in [5.41, 5.74) is 2.21. The van der Waals surface area contributed by atoms with Crippen LogP contribution >= 0.6 is 0 Å². The summed E-state index contributed by atoms with van der Waals surface area (Å²) in [6.45, 7) is 5.83. The highest BCUT2D eigenvalue weighted by atomic mass is 16.5. The Morgan fingerprint density at radius 2 is 1.92 bits per heavy atom. The predicted molar refractivity (Wildman–Crippen MR) is 140 cm³/mol. The monoisotopic (exact) mass is 496 g/mol. The zero-order valence-electron chi connectivity index (χ0n) is 21.6. The third-order valence-electron chi connectivity index (χ3n) is 5.73. The van der Waals surface area contributed by atoms with Gasteiger partial charge in [-0.25, -0.2) is 9.78 Å². The number of anilines is 2. The normalized spacial score (nSPS) is 12.4. The molecule has 1 amide bonds. The van der Waals surface area contributed by atoms with Gasteiger partial charge in [0, 0.05) is 25.1 Å². The van der Waals surface area contributed by atoms with Gasteiger partial charge < -0.3 is 29.8 Å². The third-order valence-corrected chi connectivity index (χ3v) is 5.73. The molecule has 2 heterocycles. The van der Waals surface area contributed by atoms with Crippen molar-refractivity contribution in [1.82, 2.24) is 9.55 Å². The van der Waals surface area contributed by atoms with E-state index in [1.165, 1.54) is 19.8 Å². The summed E-state index contributed by atoms with van der Waals surface area (Å²) in [4.78, 5) is 30.1. The maximum Gasteiger partial charge on any atom is 0.356 e. The van der Waals surface area contributed by atoms with Crippen molar-refractivity contribution in [1.29, 1.82) is 0 Å². The van der Waals surface area contributed by atoms with Crippen LogP contribution in [0.1, 0.15) is 49.7 Å². The highest BCUT2D eigenvalue weighted by molar-refractivity contribution is 6.11. The predicted octanol–water partition coefficient (Wildman–Crippen LogP) is 4.00. The van der Waals surface area contributed by atoms with Crippen molar-refractivity contribution in [2.45, 2.75) is 58.2 Å². The van der Waals surface area contributed by atoms with Crippen molar-refractivity contribution in [3.63, 3.8) is 0 Å². The Kier molecular flexibility index (Phi) is 9.06. The molecule has 1 atom stereocenters. The Morgan fingerprint density at radius 1 is 1.19 bits per heavy atom. The molecule has 0 radical (unpaired) electrons. The molecule has 9 heteroatoms. The number of aromatic nitrogens is 2. The van der Waals surface area contributed by atoms with Crippen LogP contribution in [0.2, 0.25) is 0 Å². The van der Waals surface area contributed by atoms with E-state index in [0.29, 0.717) is 35.4 Å². The Bertz CT molecular complexity index is 1180. The molecule has 0 fully saturated rings. The number of aryl methyl sites for hydroxylation is 2. The number of benzene rings is 1. The van der Waals surface area contributed by atoms with Gasteiger partial charge in [0.15, 0.2) is 5.69 Å². The first-order valence-corrected chi connectivity index (χ1v) is 12.0. The van der Waals surface area contributed by atoms with Crippen LogP contribution in [0.15, 0.2) is 42.6 Å². The van der Waals surface area contributed by atoms with Crippen LogP contribution < -0.4 is 10.6 Å². The molecule has 0 aliphatic carbocycles. The molecule has 0 aliphatic rings. The average molecular weight is 497 g/mol.